The Morgan fingerprint density at radius 2 is 1.95 bits per heavy atom. The van der Waals surface area contributed by atoms with E-state index < -0.39 is 10.0 Å². The first kappa shape index (κ1) is 16.4. The van der Waals surface area contributed by atoms with Gasteiger partial charge in [-0.1, -0.05) is 5.16 Å². The molecule has 2 aromatic rings. The molecule has 0 saturated carbocycles. The largest absolute Gasteiger partial charge is 0.399 e. The molecule has 0 amide bonds. The van der Waals surface area contributed by atoms with Gasteiger partial charge in [-0.2, -0.15) is 4.98 Å². The van der Waals surface area contributed by atoms with Crippen molar-refractivity contribution in [3.8, 4) is 0 Å². The SMILES string of the molecule is Cc1nc(CCNS(=O)(=O)c2c(Br)cc(N)cc2Br)no1. The van der Waals surface area contributed by atoms with Crippen molar-refractivity contribution in [3.05, 3.63) is 32.8 Å². The van der Waals surface area contributed by atoms with E-state index in [2.05, 4.69) is 46.7 Å². The first-order valence-corrected chi connectivity index (χ1v) is 8.90. The number of aromatic nitrogens is 2. The Labute approximate surface area is 138 Å². The summed E-state index contributed by atoms with van der Waals surface area (Å²) in [5.41, 5.74) is 6.10. The molecule has 10 heteroatoms. The quantitative estimate of drug-likeness (QED) is 0.689. The van der Waals surface area contributed by atoms with Crippen LogP contribution in [0.3, 0.4) is 0 Å². The first-order chi connectivity index (χ1) is 9.79. The van der Waals surface area contributed by atoms with Crippen LogP contribution in [0.1, 0.15) is 11.7 Å². The second kappa shape index (κ2) is 6.42. The third kappa shape index (κ3) is 4.02. The normalized spacial score (nSPS) is 11.8. The summed E-state index contributed by atoms with van der Waals surface area (Å²) in [5, 5.41) is 3.70. The van der Waals surface area contributed by atoms with Gasteiger partial charge in [-0.15, -0.1) is 0 Å². The van der Waals surface area contributed by atoms with E-state index in [1.165, 1.54) is 12.1 Å². The van der Waals surface area contributed by atoms with Crippen LogP contribution < -0.4 is 10.5 Å². The Bertz CT molecular complexity index is 738. The lowest BCUT2D eigenvalue weighted by Crippen LogP contribution is -2.27. The molecule has 0 unspecified atom stereocenters. The molecule has 0 atom stereocenters. The molecule has 7 nitrogen and oxygen atoms in total. The van der Waals surface area contributed by atoms with E-state index in [0.717, 1.165) is 0 Å². The molecule has 1 aromatic carbocycles. The number of aryl methyl sites for hydroxylation is 1. The summed E-state index contributed by atoms with van der Waals surface area (Å²) in [6.07, 6.45) is 0.334. The molecular weight excluding hydrogens is 428 g/mol. The minimum atomic E-state index is -3.69. The van der Waals surface area contributed by atoms with Gasteiger partial charge in [-0.05, 0) is 44.0 Å². The molecule has 0 aliphatic carbocycles. The van der Waals surface area contributed by atoms with Gasteiger partial charge in [-0.25, -0.2) is 13.1 Å². The predicted molar refractivity (Wildman–Crippen MR) is 84.2 cm³/mol. The molecule has 1 aromatic heterocycles. The average molecular weight is 440 g/mol. The second-order valence-corrected chi connectivity index (χ2v) is 7.60. The molecule has 0 aliphatic heterocycles. The van der Waals surface area contributed by atoms with E-state index >= 15 is 0 Å². The minimum Gasteiger partial charge on any atom is -0.399 e. The van der Waals surface area contributed by atoms with Gasteiger partial charge in [0.05, 0.1) is 0 Å². The highest BCUT2D eigenvalue weighted by Gasteiger charge is 2.21. The van der Waals surface area contributed by atoms with Crippen LogP contribution in [0, 0.1) is 6.92 Å². The van der Waals surface area contributed by atoms with Crippen LogP contribution in [0.25, 0.3) is 0 Å². The lowest BCUT2D eigenvalue weighted by atomic mass is 10.3. The summed E-state index contributed by atoms with van der Waals surface area (Å²) >= 11 is 6.41. The molecule has 114 valence electrons. The van der Waals surface area contributed by atoms with Crippen LogP contribution >= 0.6 is 31.9 Å². The van der Waals surface area contributed by atoms with E-state index in [0.29, 0.717) is 32.8 Å². The van der Waals surface area contributed by atoms with E-state index in [4.69, 9.17) is 10.3 Å². The summed E-state index contributed by atoms with van der Waals surface area (Å²) in [7, 11) is -3.69. The van der Waals surface area contributed by atoms with Gasteiger partial charge in [0.1, 0.15) is 4.90 Å². The number of nitrogen functional groups attached to an aromatic ring is 1. The molecule has 0 fully saturated rings. The monoisotopic (exact) mass is 438 g/mol. The van der Waals surface area contributed by atoms with Gasteiger partial charge in [0.15, 0.2) is 5.82 Å². The van der Waals surface area contributed by atoms with Crippen LogP contribution in [0.15, 0.2) is 30.5 Å². The molecule has 2 rings (SSSR count). The molecule has 0 spiro atoms. The Morgan fingerprint density at radius 1 is 1.33 bits per heavy atom. The number of nitrogens with two attached hydrogens (primary N) is 1. The van der Waals surface area contributed by atoms with Crippen LogP contribution in [0.5, 0.6) is 0 Å². The zero-order valence-corrected chi connectivity index (χ0v) is 14.9. The molecule has 0 radical (unpaired) electrons. The van der Waals surface area contributed by atoms with Crippen molar-refractivity contribution in [2.75, 3.05) is 12.3 Å². The van der Waals surface area contributed by atoms with E-state index in [-0.39, 0.29) is 11.4 Å². The third-order valence-corrected chi connectivity index (χ3v) is 5.84. The maximum Gasteiger partial charge on any atom is 0.242 e. The number of anilines is 1. The zero-order valence-electron chi connectivity index (χ0n) is 10.9. The van der Waals surface area contributed by atoms with Crippen molar-refractivity contribution < 1.29 is 12.9 Å². The number of hydrogen-bond donors (Lipinski definition) is 2. The number of rotatable bonds is 5. The fourth-order valence-electron chi connectivity index (χ4n) is 1.65. The van der Waals surface area contributed by atoms with Crippen LogP contribution in [-0.4, -0.2) is 25.1 Å². The molecule has 0 bridgehead atoms. The molecule has 0 saturated heterocycles. The van der Waals surface area contributed by atoms with Gasteiger partial charge in [0.25, 0.3) is 0 Å². The van der Waals surface area contributed by atoms with Crippen LogP contribution in [0.4, 0.5) is 5.69 Å². The third-order valence-electron chi connectivity index (χ3n) is 2.50. The van der Waals surface area contributed by atoms with Crippen LogP contribution in [0.2, 0.25) is 0 Å². The van der Waals surface area contributed by atoms with Gasteiger partial charge in [0.2, 0.25) is 15.9 Å². The molecule has 21 heavy (non-hydrogen) atoms. The number of sulfonamides is 1. The summed E-state index contributed by atoms with van der Waals surface area (Å²) in [6.45, 7) is 1.83. The molecule has 3 N–H and O–H groups in total. The number of hydrogen-bond acceptors (Lipinski definition) is 6. The lowest BCUT2D eigenvalue weighted by molar-refractivity contribution is 0.387. The highest BCUT2D eigenvalue weighted by Crippen LogP contribution is 2.32. The molecule has 1 heterocycles. The van der Waals surface area contributed by atoms with Crippen molar-refractivity contribution in [3.63, 3.8) is 0 Å². The number of halogens is 2. The Kier molecular flexibility index (Phi) is 5.02. The topological polar surface area (TPSA) is 111 Å². The average Bonchev–Trinajstić information content (AvgIpc) is 2.72. The lowest BCUT2D eigenvalue weighted by Gasteiger charge is -2.10. The molecule has 0 aliphatic rings. The van der Waals surface area contributed by atoms with Crippen LogP contribution in [-0.2, 0) is 16.4 Å². The fourth-order valence-corrected chi connectivity index (χ4v) is 5.30. The van der Waals surface area contributed by atoms with Gasteiger partial charge < -0.3 is 10.3 Å². The maximum atomic E-state index is 12.3. The molecular formula is C11H12Br2N4O3S. The Morgan fingerprint density at radius 3 is 2.48 bits per heavy atom. The summed E-state index contributed by atoms with van der Waals surface area (Å²) in [6, 6.07) is 3.06. The number of nitrogens with one attached hydrogen (secondary N) is 1. The maximum absolute atomic E-state index is 12.3. The highest BCUT2D eigenvalue weighted by molar-refractivity contribution is 9.11. The summed E-state index contributed by atoms with van der Waals surface area (Å²) in [4.78, 5) is 4.10. The predicted octanol–water partition coefficient (Wildman–Crippen LogP) is 2.01. The fraction of sp³-hybridized carbons (Fsp3) is 0.273. The van der Waals surface area contributed by atoms with Crippen molar-refractivity contribution in [1.29, 1.82) is 0 Å². The summed E-state index contributed by atoms with van der Waals surface area (Å²) in [5.74, 6) is 0.891. The van der Waals surface area contributed by atoms with Gasteiger partial charge in [-0.3, -0.25) is 0 Å². The van der Waals surface area contributed by atoms with E-state index in [1.54, 1.807) is 6.92 Å². The van der Waals surface area contributed by atoms with Crippen molar-refractivity contribution in [1.82, 2.24) is 14.9 Å². The van der Waals surface area contributed by atoms with Crippen molar-refractivity contribution >= 4 is 47.6 Å². The van der Waals surface area contributed by atoms with Gasteiger partial charge in [0, 0.05) is 34.5 Å². The number of benzene rings is 1. The zero-order chi connectivity index (χ0) is 15.6. The Balaban J connectivity index is 2.12. The van der Waals surface area contributed by atoms with E-state index in [1.807, 2.05) is 0 Å². The van der Waals surface area contributed by atoms with Gasteiger partial charge >= 0.3 is 0 Å². The van der Waals surface area contributed by atoms with Crippen molar-refractivity contribution in [2.45, 2.75) is 18.2 Å². The Hall–Kier alpha value is -0.970. The minimum absolute atomic E-state index is 0.0981. The van der Waals surface area contributed by atoms with E-state index in [9.17, 15) is 8.42 Å². The highest BCUT2D eigenvalue weighted by atomic mass is 79.9. The number of nitrogens with zero attached hydrogens (tertiary/aromatic N) is 2. The smallest absolute Gasteiger partial charge is 0.242 e. The summed E-state index contributed by atoms with van der Waals surface area (Å²) < 4.78 is 32.7. The standard InChI is InChI=1S/C11H12Br2N4O3S/c1-6-16-10(17-20-6)2-3-15-21(18,19)11-8(12)4-7(14)5-9(11)13/h4-5,15H,2-3,14H2,1H3. The van der Waals surface area contributed by atoms with Crippen molar-refractivity contribution in [2.24, 2.45) is 0 Å². The second-order valence-electron chi connectivity index (χ2n) is 4.19. The first-order valence-electron chi connectivity index (χ1n) is 5.83.